The van der Waals surface area contributed by atoms with Gasteiger partial charge in [-0.05, 0) is 55.8 Å². The fourth-order valence-electron chi connectivity index (χ4n) is 3.36. The van der Waals surface area contributed by atoms with E-state index >= 15 is 0 Å². The van der Waals surface area contributed by atoms with Gasteiger partial charge in [-0.1, -0.05) is 24.3 Å². The van der Waals surface area contributed by atoms with Crippen LogP contribution in [0.25, 0.3) is 0 Å². The predicted octanol–water partition coefficient (Wildman–Crippen LogP) is 3.85. The highest BCUT2D eigenvalue weighted by Gasteiger charge is 2.16. The smallest absolute Gasteiger partial charge is 0.221 e. The van der Waals surface area contributed by atoms with Gasteiger partial charge in [0.2, 0.25) is 5.91 Å². The topological polar surface area (TPSA) is 35.6 Å². The van der Waals surface area contributed by atoms with Crippen LogP contribution in [0.4, 0.5) is 5.69 Å². The Labute approximate surface area is 173 Å². The molecule has 1 fully saturated rings. The number of aryl methyl sites for hydroxylation is 2. The third kappa shape index (κ3) is 5.76. The van der Waals surface area contributed by atoms with E-state index in [1.165, 1.54) is 27.3 Å². The van der Waals surface area contributed by atoms with Gasteiger partial charge in [-0.15, -0.1) is 11.8 Å². The number of thioether (sulfide) groups is 1. The van der Waals surface area contributed by atoms with E-state index in [-0.39, 0.29) is 5.91 Å². The van der Waals surface area contributed by atoms with Crippen molar-refractivity contribution < 1.29 is 4.79 Å². The summed E-state index contributed by atoms with van der Waals surface area (Å²) < 4.78 is 0. The van der Waals surface area contributed by atoms with E-state index in [2.05, 4.69) is 78.5 Å². The number of piperazine rings is 1. The lowest BCUT2D eigenvalue weighted by Crippen LogP contribution is -2.45. The average Bonchev–Trinajstić information content (AvgIpc) is 2.70. The first kappa shape index (κ1) is 20.7. The summed E-state index contributed by atoms with van der Waals surface area (Å²) in [6.45, 7) is 9.08. The monoisotopic (exact) mass is 397 g/mol. The predicted molar refractivity (Wildman–Crippen MR) is 119 cm³/mol. The Hall–Kier alpha value is -1.98. The minimum Gasteiger partial charge on any atom is -0.369 e. The Morgan fingerprint density at radius 1 is 1.04 bits per heavy atom. The van der Waals surface area contributed by atoms with Gasteiger partial charge in [0.25, 0.3) is 0 Å². The second-order valence-corrected chi connectivity index (χ2v) is 8.71. The van der Waals surface area contributed by atoms with Gasteiger partial charge in [-0.25, -0.2) is 0 Å². The Morgan fingerprint density at radius 2 is 1.79 bits per heavy atom. The van der Waals surface area contributed by atoms with Gasteiger partial charge in [-0.3, -0.25) is 4.79 Å². The molecule has 150 valence electrons. The lowest BCUT2D eigenvalue weighted by atomic mass is 10.1. The van der Waals surface area contributed by atoms with Gasteiger partial charge in [0, 0.05) is 55.5 Å². The van der Waals surface area contributed by atoms with Crippen LogP contribution in [-0.2, 0) is 11.3 Å². The highest BCUT2D eigenvalue weighted by atomic mass is 32.2. The van der Waals surface area contributed by atoms with Crippen molar-refractivity contribution in [1.82, 2.24) is 10.2 Å². The van der Waals surface area contributed by atoms with Crippen LogP contribution in [0.3, 0.4) is 0 Å². The lowest BCUT2D eigenvalue weighted by Gasteiger charge is -2.35. The van der Waals surface area contributed by atoms with E-state index in [4.69, 9.17) is 0 Å². The molecule has 1 aliphatic rings. The highest BCUT2D eigenvalue weighted by Crippen LogP contribution is 2.23. The standard InChI is InChI=1S/C23H31N3OS/c1-18-8-9-21(16-19(18)2)28-15-10-23(27)24-17-20-6-4-5-7-22(20)26-13-11-25(3)12-14-26/h4-9,16H,10-15,17H2,1-3H3,(H,24,27). The van der Waals surface area contributed by atoms with Crippen LogP contribution in [0, 0.1) is 13.8 Å². The zero-order valence-electron chi connectivity index (χ0n) is 17.2. The van der Waals surface area contributed by atoms with Crippen LogP contribution in [-0.4, -0.2) is 49.8 Å². The minimum absolute atomic E-state index is 0.115. The number of carbonyl (C=O) groups excluding carboxylic acids is 1. The second kappa shape index (κ2) is 9.99. The zero-order valence-corrected chi connectivity index (χ0v) is 18.0. The number of nitrogens with zero attached hydrogens (tertiary/aromatic N) is 2. The van der Waals surface area contributed by atoms with E-state index in [1.807, 2.05) is 0 Å². The molecule has 1 amide bonds. The van der Waals surface area contributed by atoms with Crippen LogP contribution in [0.5, 0.6) is 0 Å². The van der Waals surface area contributed by atoms with Gasteiger partial charge >= 0.3 is 0 Å². The number of hydrogen-bond acceptors (Lipinski definition) is 4. The molecular formula is C23H31N3OS. The summed E-state index contributed by atoms with van der Waals surface area (Å²) in [7, 11) is 2.17. The summed E-state index contributed by atoms with van der Waals surface area (Å²) in [6, 6.07) is 14.9. The maximum atomic E-state index is 12.3. The van der Waals surface area contributed by atoms with Crippen LogP contribution >= 0.6 is 11.8 Å². The molecule has 1 heterocycles. The van der Waals surface area contributed by atoms with E-state index < -0.39 is 0 Å². The van der Waals surface area contributed by atoms with Crippen molar-refractivity contribution in [3.05, 3.63) is 59.2 Å². The molecule has 0 aliphatic carbocycles. The van der Waals surface area contributed by atoms with Gasteiger partial charge in [0.05, 0.1) is 0 Å². The largest absolute Gasteiger partial charge is 0.369 e. The maximum Gasteiger partial charge on any atom is 0.221 e. The van der Waals surface area contributed by atoms with Crippen molar-refractivity contribution in [3.63, 3.8) is 0 Å². The summed E-state index contributed by atoms with van der Waals surface area (Å²) >= 11 is 1.75. The molecule has 0 unspecified atom stereocenters. The van der Waals surface area contributed by atoms with E-state index in [1.54, 1.807) is 11.8 Å². The van der Waals surface area contributed by atoms with Crippen molar-refractivity contribution in [3.8, 4) is 0 Å². The number of rotatable bonds is 7. The number of likely N-dealkylation sites (N-methyl/N-ethyl adjacent to an activating group) is 1. The molecule has 0 atom stereocenters. The third-order valence-corrected chi connectivity index (χ3v) is 6.38. The average molecular weight is 398 g/mol. The second-order valence-electron chi connectivity index (χ2n) is 7.54. The molecule has 0 radical (unpaired) electrons. The first-order chi connectivity index (χ1) is 13.5. The zero-order chi connectivity index (χ0) is 19.9. The van der Waals surface area contributed by atoms with Crippen molar-refractivity contribution >= 4 is 23.4 Å². The van der Waals surface area contributed by atoms with Crippen molar-refractivity contribution in [2.45, 2.75) is 31.7 Å². The number of amides is 1. The first-order valence-electron chi connectivity index (χ1n) is 10.0. The molecule has 4 nitrogen and oxygen atoms in total. The SMILES string of the molecule is Cc1ccc(SCCC(=O)NCc2ccccc2N2CCN(C)CC2)cc1C. The summed E-state index contributed by atoms with van der Waals surface area (Å²) in [5.41, 5.74) is 5.05. The molecule has 0 spiro atoms. The molecule has 1 N–H and O–H groups in total. The van der Waals surface area contributed by atoms with Crippen LogP contribution in [0.2, 0.25) is 0 Å². The number of hydrogen-bond donors (Lipinski definition) is 1. The fraction of sp³-hybridized carbons (Fsp3) is 0.435. The Balaban J connectivity index is 1.47. The molecule has 0 aromatic heterocycles. The van der Waals surface area contributed by atoms with Crippen LogP contribution in [0.15, 0.2) is 47.4 Å². The summed E-state index contributed by atoms with van der Waals surface area (Å²) in [5.74, 6) is 0.915. The number of nitrogens with one attached hydrogen (secondary N) is 1. The van der Waals surface area contributed by atoms with Crippen molar-refractivity contribution in [2.75, 3.05) is 43.9 Å². The molecule has 2 aromatic rings. The molecule has 1 saturated heterocycles. The number of para-hydroxylation sites is 1. The Bertz CT molecular complexity index is 800. The molecule has 0 saturated carbocycles. The molecule has 0 bridgehead atoms. The Morgan fingerprint density at radius 3 is 2.54 bits per heavy atom. The number of anilines is 1. The van der Waals surface area contributed by atoms with Crippen LogP contribution in [0.1, 0.15) is 23.1 Å². The fourth-order valence-corrected chi connectivity index (χ4v) is 4.31. The van der Waals surface area contributed by atoms with Crippen LogP contribution < -0.4 is 10.2 Å². The maximum absolute atomic E-state index is 12.3. The summed E-state index contributed by atoms with van der Waals surface area (Å²) in [5, 5.41) is 3.10. The van der Waals surface area contributed by atoms with Gasteiger partial charge < -0.3 is 15.1 Å². The number of benzene rings is 2. The highest BCUT2D eigenvalue weighted by molar-refractivity contribution is 7.99. The minimum atomic E-state index is 0.115. The molecule has 2 aromatic carbocycles. The quantitative estimate of drug-likeness (QED) is 0.720. The first-order valence-corrected chi connectivity index (χ1v) is 11.0. The molecule has 5 heteroatoms. The van der Waals surface area contributed by atoms with Gasteiger partial charge in [0.1, 0.15) is 0 Å². The van der Waals surface area contributed by atoms with Gasteiger partial charge in [-0.2, -0.15) is 0 Å². The Kier molecular flexibility index (Phi) is 7.40. The summed E-state index contributed by atoms with van der Waals surface area (Å²) in [6.07, 6.45) is 0.536. The number of carbonyl (C=O) groups is 1. The van der Waals surface area contributed by atoms with Gasteiger partial charge in [0.15, 0.2) is 0 Å². The van der Waals surface area contributed by atoms with E-state index in [0.29, 0.717) is 13.0 Å². The van der Waals surface area contributed by atoms with E-state index in [0.717, 1.165) is 31.9 Å². The van der Waals surface area contributed by atoms with Crippen molar-refractivity contribution in [1.29, 1.82) is 0 Å². The normalized spacial score (nSPS) is 14.9. The molecule has 28 heavy (non-hydrogen) atoms. The molecular weight excluding hydrogens is 366 g/mol. The lowest BCUT2D eigenvalue weighted by molar-refractivity contribution is -0.120. The molecule has 3 rings (SSSR count). The summed E-state index contributed by atoms with van der Waals surface area (Å²) in [4.78, 5) is 18.3. The van der Waals surface area contributed by atoms with Crippen molar-refractivity contribution in [2.24, 2.45) is 0 Å². The molecule has 1 aliphatic heterocycles. The third-order valence-electron chi connectivity index (χ3n) is 5.39. The van der Waals surface area contributed by atoms with E-state index in [9.17, 15) is 4.79 Å².